The highest BCUT2D eigenvalue weighted by Gasteiger charge is 2.51. The molecule has 2 heteroatoms. The molecule has 3 rings (SSSR count). The molecule has 9 heavy (non-hydrogen) atoms. The highest BCUT2D eigenvalue weighted by atomic mass is 15.3. The first-order valence-corrected chi connectivity index (χ1v) is 3.95. The molecule has 0 aromatic rings. The normalized spacial score (nSPS) is 55.3. The number of rotatable bonds is 0. The van der Waals surface area contributed by atoms with Gasteiger partial charge in [0.2, 0.25) is 0 Å². The molecule has 0 bridgehead atoms. The van der Waals surface area contributed by atoms with E-state index in [-0.39, 0.29) is 0 Å². The zero-order chi connectivity index (χ0) is 5.84. The summed E-state index contributed by atoms with van der Waals surface area (Å²) in [7, 11) is 0. The first-order valence-electron chi connectivity index (χ1n) is 3.95. The van der Waals surface area contributed by atoms with Gasteiger partial charge in [0.05, 0.1) is 0 Å². The van der Waals surface area contributed by atoms with Crippen LogP contribution < -0.4 is 5.32 Å². The molecule has 3 heterocycles. The van der Waals surface area contributed by atoms with Gasteiger partial charge in [-0.2, -0.15) is 0 Å². The average Bonchev–Trinajstić information content (AvgIpc) is 2.43. The highest BCUT2D eigenvalue weighted by molar-refractivity contribution is 5.12. The van der Waals surface area contributed by atoms with E-state index in [0.29, 0.717) is 0 Å². The van der Waals surface area contributed by atoms with Gasteiger partial charge in [-0.05, 0) is 12.8 Å². The van der Waals surface area contributed by atoms with E-state index >= 15 is 0 Å². The molecule has 3 aliphatic rings. The summed E-state index contributed by atoms with van der Waals surface area (Å²) < 4.78 is 0. The number of nitrogens with zero attached hydrogens (tertiary/aromatic N) is 1. The fraction of sp³-hybridized carbons (Fsp3) is 1.00. The van der Waals surface area contributed by atoms with Gasteiger partial charge in [0, 0.05) is 31.2 Å². The Morgan fingerprint density at radius 2 is 2.11 bits per heavy atom. The Morgan fingerprint density at radius 1 is 1.22 bits per heavy atom. The van der Waals surface area contributed by atoms with Gasteiger partial charge in [-0.25, -0.2) is 0 Å². The minimum atomic E-state index is 0.910. The van der Waals surface area contributed by atoms with Crippen molar-refractivity contribution in [3.63, 3.8) is 0 Å². The SMILES string of the molecule is C1CN2CC[C@@H]2[C@H]2N[C@@H]12. The van der Waals surface area contributed by atoms with Crippen molar-refractivity contribution in [2.45, 2.75) is 31.0 Å². The Bertz CT molecular complexity index is 144. The number of nitrogens with one attached hydrogen (secondary N) is 1. The van der Waals surface area contributed by atoms with E-state index in [2.05, 4.69) is 10.2 Å². The van der Waals surface area contributed by atoms with E-state index in [9.17, 15) is 0 Å². The maximum absolute atomic E-state index is 3.52. The lowest BCUT2D eigenvalue weighted by atomic mass is 9.92. The van der Waals surface area contributed by atoms with Crippen molar-refractivity contribution >= 4 is 0 Å². The van der Waals surface area contributed by atoms with Crippen LogP contribution in [0.25, 0.3) is 0 Å². The smallest absolute Gasteiger partial charge is 0.0381 e. The maximum Gasteiger partial charge on any atom is 0.0381 e. The topological polar surface area (TPSA) is 25.2 Å². The van der Waals surface area contributed by atoms with Gasteiger partial charge in [-0.1, -0.05) is 0 Å². The fourth-order valence-corrected chi connectivity index (χ4v) is 2.28. The second kappa shape index (κ2) is 1.32. The lowest BCUT2D eigenvalue weighted by molar-refractivity contribution is 0.0711. The van der Waals surface area contributed by atoms with Crippen molar-refractivity contribution in [1.29, 1.82) is 0 Å². The molecule has 0 aromatic carbocycles. The molecule has 3 fully saturated rings. The zero-order valence-electron chi connectivity index (χ0n) is 5.51. The molecular formula is C7H12N2. The van der Waals surface area contributed by atoms with Gasteiger partial charge in [-0.15, -0.1) is 0 Å². The Kier molecular flexibility index (Phi) is 0.691. The molecule has 0 aliphatic carbocycles. The molecule has 3 saturated heterocycles. The standard InChI is InChI=1S/C7H12N2/c1-3-9-4-2-6(9)7-5(1)8-7/h5-8H,1-4H2/t5-,6+,7-/m0/s1. The van der Waals surface area contributed by atoms with Crippen LogP contribution in [0, 0.1) is 0 Å². The summed E-state index contributed by atoms with van der Waals surface area (Å²) in [5.74, 6) is 0. The first-order chi connectivity index (χ1) is 4.45. The van der Waals surface area contributed by atoms with Crippen molar-refractivity contribution in [2.75, 3.05) is 13.1 Å². The fourth-order valence-electron chi connectivity index (χ4n) is 2.28. The molecule has 3 aliphatic heterocycles. The number of piperidine rings is 1. The summed E-state index contributed by atoms with van der Waals surface area (Å²) in [4.78, 5) is 2.61. The number of hydrogen-bond donors (Lipinski definition) is 1. The van der Waals surface area contributed by atoms with Crippen LogP contribution in [0.2, 0.25) is 0 Å². The average molecular weight is 124 g/mol. The number of hydrogen-bond acceptors (Lipinski definition) is 2. The summed E-state index contributed by atoms with van der Waals surface area (Å²) in [6.45, 7) is 2.73. The lowest BCUT2D eigenvalue weighted by Crippen LogP contribution is -2.54. The van der Waals surface area contributed by atoms with Crippen LogP contribution >= 0.6 is 0 Å². The van der Waals surface area contributed by atoms with Gasteiger partial charge in [-0.3, -0.25) is 4.90 Å². The molecular weight excluding hydrogens is 112 g/mol. The molecule has 1 N–H and O–H groups in total. The minimum Gasteiger partial charge on any atom is -0.307 e. The Balaban J connectivity index is 1.82. The summed E-state index contributed by atoms with van der Waals surface area (Å²) in [6, 6.07) is 2.78. The van der Waals surface area contributed by atoms with Gasteiger partial charge in [0.1, 0.15) is 0 Å². The van der Waals surface area contributed by atoms with Gasteiger partial charge in [0.15, 0.2) is 0 Å². The molecule has 2 nitrogen and oxygen atoms in total. The highest BCUT2D eigenvalue weighted by Crippen LogP contribution is 2.35. The third-order valence-corrected chi connectivity index (χ3v) is 3.05. The lowest BCUT2D eigenvalue weighted by Gasteiger charge is -2.43. The summed E-state index contributed by atoms with van der Waals surface area (Å²) >= 11 is 0. The van der Waals surface area contributed by atoms with Crippen LogP contribution in [-0.2, 0) is 0 Å². The molecule has 0 saturated carbocycles. The van der Waals surface area contributed by atoms with E-state index in [1.807, 2.05) is 0 Å². The van der Waals surface area contributed by atoms with E-state index < -0.39 is 0 Å². The van der Waals surface area contributed by atoms with Crippen molar-refractivity contribution in [3.05, 3.63) is 0 Å². The van der Waals surface area contributed by atoms with E-state index in [1.54, 1.807) is 0 Å². The van der Waals surface area contributed by atoms with Gasteiger partial charge >= 0.3 is 0 Å². The third-order valence-electron chi connectivity index (χ3n) is 3.05. The Hall–Kier alpha value is -0.0800. The summed E-state index contributed by atoms with van der Waals surface area (Å²) in [5.41, 5.74) is 0. The Labute approximate surface area is 55.2 Å². The van der Waals surface area contributed by atoms with Crippen LogP contribution in [0.5, 0.6) is 0 Å². The van der Waals surface area contributed by atoms with Crippen LogP contribution in [0.4, 0.5) is 0 Å². The summed E-state index contributed by atoms with van der Waals surface area (Å²) in [5, 5.41) is 3.52. The number of fused-ring (bicyclic) bond motifs is 3. The predicted octanol–water partition coefficient (Wildman–Crippen LogP) is -0.195. The van der Waals surface area contributed by atoms with Crippen LogP contribution in [0.15, 0.2) is 0 Å². The minimum absolute atomic E-state index is 0.910. The van der Waals surface area contributed by atoms with E-state index in [4.69, 9.17) is 0 Å². The van der Waals surface area contributed by atoms with Crippen LogP contribution in [-0.4, -0.2) is 36.1 Å². The monoisotopic (exact) mass is 124 g/mol. The molecule has 0 amide bonds. The summed E-state index contributed by atoms with van der Waals surface area (Å²) in [6.07, 6.45) is 2.86. The maximum atomic E-state index is 3.52. The van der Waals surface area contributed by atoms with Gasteiger partial charge < -0.3 is 5.32 Å². The predicted molar refractivity (Wildman–Crippen MR) is 35.3 cm³/mol. The van der Waals surface area contributed by atoms with Crippen LogP contribution in [0.3, 0.4) is 0 Å². The molecule has 3 atom stereocenters. The molecule has 0 radical (unpaired) electrons. The van der Waals surface area contributed by atoms with Crippen molar-refractivity contribution in [3.8, 4) is 0 Å². The molecule has 0 aromatic heterocycles. The van der Waals surface area contributed by atoms with Crippen molar-refractivity contribution < 1.29 is 0 Å². The third kappa shape index (κ3) is 0.485. The zero-order valence-corrected chi connectivity index (χ0v) is 5.51. The van der Waals surface area contributed by atoms with Crippen molar-refractivity contribution in [2.24, 2.45) is 0 Å². The van der Waals surface area contributed by atoms with Gasteiger partial charge in [0.25, 0.3) is 0 Å². The Morgan fingerprint density at radius 3 is 2.78 bits per heavy atom. The van der Waals surface area contributed by atoms with Crippen molar-refractivity contribution in [1.82, 2.24) is 10.2 Å². The molecule has 0 spiro atoms. The largest absolute Gasteiger partial charge is 0.307 e. The molecule has 50 valence electrons. The van der Waals surface area contributed by atoms with E-state index in [0.717, 1.165) is 18.1 Å². The molecule has 0 unspecified atom stereocenters. The van der Waals surface area contributed by atoms with E-state index in [1.165, 1.54) is 25.9 Å². The second-order valence-corrected chi connectivity index (χ2v) is 3.48. The second-order valence-electron chi connectivity index (χ2n) is 3.48. The quantitative estimate of drug-likeness (QED) is 0.453. The van der Waals surface area contributed by atoms with Crippen LogP contribution in [0.1, 0.15) is 12.8 Å². The first kappa shape index (κ1) is 4.69.